The fourth-order valence-electron chi connectivity index (χ4n) is 2.18. The van der Waals surface area contributed by atoms with E-state index in [1.54, 1.807) is 28.8 Å². The Morgan fingerprint density at radius 2 is 1.96 bits per heavy atom. The summed E-state index contributed by atoms with van der Waals surface area (Å²) in [4.78, 5) is 0.237. The molecule has 0 aliphatic heterocycles. The maximum atomic E-state index is 13.0. The van der Waals surface area contributed by atoms with Crippen molar-refractivity contribution in [3.63, 3.8) is 0 Å². The molecule has 124 valence electrons. The SMILES string of the molecule is C=CCn1/c(=N/S(=O)(=O)c2ccc(F)cc2)sc2cc(Cl)ccc21. The van der Waals surface area contributed by atoms with Crippen LogP contribution in [0.4, 0.5) is 4.39 Å². The van der Waals surface area contributed by atoms with E-state index in [-0.39, 0.29) is 4.90 Å². The van der Waals surface area contributed by atoms with Gasteiger partial charge in [-0.1, -0.05) is 29.0 Å². The fourth-order valence-corrected chi connectivity index (χ4v) is 4.70. The number of benzene rings is 2. The molecule has 0 fully saturated rings. The zero-order chi connectivity index (χ0) is 17.3. The second-order valence-corrected chi connectivity index (χ2v) is 7.97. The third-order valence-corrected chi connectivity index (χ3v) is 5.94. The molecular formula is C16H12ClFN2O2S2. The second kappa shape index (κ2) is 6.51. The van der Waals surface area contributed by atoms with Crippen LogP contribution >= 0.6 is 22.9 Å². The van der Waals surface area contributed by atoms with Crippen molar-refractivity contribution >= 4 is 43.2 Å². The number of hydrogen-bond donors (Lipinski definition) is 0. The average Bonchev–Trinajstić information content (AvgIpc) is 2.84. The number of rotatable bonds is 4. The van der Waals surface area contributed by atoms with Crippen LogP contribution in [0.1, 0.15) is 0 Å². The maximum Gasteiger partial charge on any atom is 0.285 e. The Morgan fingerprint density at radius 1 is 1.25 bits per heavy atom. The van der Waals surface area contributed by atoms with Crippen molar-refractivity contribution in [3.05, 3.63) is 70.8 Å². The van der Waals surface area contributed by atoms with Gasteiger partial charge in [-0.25, -0.2) is 4.39 Å². The van der Waals surface area contributed by atoms with Gasteiger partial charge < -0.3 is 4.57 Å². The molecule has 0 amide bonds. The van der Waals surface area contributed by atoms with Crippen LogP contribution in [0.25, 0.3) is 10.2 Å². The van der Waals surface area contributed by atoms with Gasteiger partial charge in [0, 0.05) is 11.6 Å². The molecule has 3 aromatic rings. The number of sulfonamides is 1. The van der Waals surface area contributed by atoms with E-state index >= 15 is 0 Å². The first-order chi connectivity index (χ1) is 11.4. The summed E-state index contributed by atoms with van der Waals surface area (Å²) in [5.74, 6) is -0.507. The van der Waals surface area contributed by atoms with Crippen LogP contribution in [0, 0.1) is 5.82 Å². The molecule has 1 heterocycles. The molecule has 1 aromatic heterocycles. The molecule has 0 unspecified atom stereocenters. The van der Waals surface area contributed by atoms with Gasteiger partial charge in [-0.05, 0) is 42.5 Å². The van der Waals surface area contributed by atoms with Gasteiger partial charge >= 0.3 is 0 Å². The summed E-state index contributed by atoms with van der Waals surface area (Å²) in [5.41, 5.74) is 0.817. The zero-order valence-electron chi connectivity index (χ0n) is 12.3. The van der Waals surface area contributed by atoms with Gasteiger partial charge in [0.1, 0.15) is 5.82 Å². The number of nitrogens with zero attached hydrogens (tertiary/aromatic N) is 2. The molecule has 24 heavy (non-hydrogen) atoms. The standard InChI is InChI=1S/C16H12ClFN2O2S2/c1-2-9-20-14-8-3-11(17)10-15(14)23-16(20)19-24(21,22)13-6-4-12(18)5-7-13/h2-8,10H,1,9H2/b19-16-. The Kier molecular flexibility index (Phi) is 4.58. The molecule has 0 aliphatic carbocycles. The van der Waals surface area contributed by atoms with Crippen LogP contribution in [0.5, 0.6) is 0 Å². The van der Waals surface area contributed by atoms with Gasteiger partial charge in [0.2, 0.25) is 4.80 Å². The number of hydrogen-bond acceptors (Lipinski definition) is 3. The van der Waals surface area contributed by atoms with Gasteiger partial charge in [0.15, 0.2) is 0 Å². The third kappa shape index (κ3) is 3.28. The first kappa shape index (κ1) is 16.9. The Balaban J connectivity index is 2.23. The molecule has 0 saturated heterocycles. The average molecular weight is 383 g/mol. The lowest BCUT2D eigenvalue weighted by molar-refractivity contribution is 0.594. The van der Waals surface area contributed by atoms with Crippen LogP contribution in [0.2, 0.25) is 5.02 Å². The van der Waals surface area contributed by atoms with Gasteiger partial charge in [-0.2, -0.15) is 8.42 Å². The van der Waals surface area contributed by atoms with Crippen LogP contribution in [0.15, 0.2) is 64.4 Å². The van der Waals surface area contributed by atoms with E-state index in [0.29, 0.717) is 16.4 Å². The summed E-state index contributed by atoms with van der Waals surface area (Å²) in [7, 11) is -3.95. The van der Waals surface area contributed by atoms with Gasteiger partial charge in [0.25, 0.3) is 10.0 Å². The summed E-state index contributed by atoms with van der Waals surface area (Å²) in [6.45, 7) is 4.09. The summed E-state index contributed by atoms with van der Waals surface area (Å²) < 4.78 is 44.4. The predicted octanol–water partition coefficient (Wildman–Crippen LogP) is 3.97. The summed E-state index contributed by atoms with van der Waals surface area (Å²) in [5, 5.41) is 0.558. The normalized spacial score (nSPS) is 12.7. The van der Waals surface area contributed by atoms with Gasteiger partial charge in [-0.15, -0.1) is 11.0 Å². The van der Waals surface area contributed by atoms with Crippen molar-refractivity contribution in [1.82, 2.24) is 4.57 Å². The highest BCUT2D eigenvalue weighted by Crippen LogP contribution is 2.22. The Hall–Kier alpha value is -1.96. The minimum Gasteiger partial charge on any atom is -0.312 e. The maximum absolute atomic E-state index is 13.0. The summed E-state index contributed by atoms with van der Waals surface area (Å²) >= 11 is 7.21. The topological polar surface area (TPSA) is 51.4 Å². The van der Waals surface area contributed by atoms with Crippen molar-refractivity contribution in [2.45, 2.75) is 11.4 Å². The van der Waals surface area contributed by atoms with E-state index in [1.165, 1.54) is 23.5 Å². The summed E-state index contributed by atoms with van der Waals surface area (Å²) in [6.07, 6.45) is 1.66. The van der Waals surface area contributed by atoms with Crippen molar-refractivity contribution < 1.29 is 12.8 Å². The Labute approximate surface area is 147 Å². The molecule has 0 N–H and O–H groups in total. The molecule has 4 nitrogen and oxygen atoms in total. The minimum absolute atomic E-state index is 0.0652. The van der Waals surface area contributed by atoms with E-state index in [2.05, 4.69) is 11.0 Å². The lowest BCUT2D eigenvalue weighted by Gasteiger charge is -2.02. The van der Waals surface area contributed by atoms with Crippen molar-refractivity contribution in [3.8, 4) is 0 Å². The molecule has 0 bridgehead atoms. The molecule has 2 aromatic carbocycles. The molecule has 0 aliphatic rings. The third-order valence-electron chi connectivity index (χ3n) is 3.27. The largest absolute Gasteiger partial charge is 0.312 e. The van der Waals surface area contributed by atoms with E-state index in [9.17, 15) is 12.8 Å². The molecule has 0 saturated carbocycles. The van der Waals surface area contributed by atoms with Crippen molar-refractivity contribution in [1.29, 1.82) is 0 Å². The number of fused-ring (bicyclic) bond motifs is 1. The van der Waals surface area contributed by atoms with E-state index in [4.69, 9.17) is 11.6 Å². The molecule has 8 heteroatoms. The highest BCUT2D eigenvalue weighted by Gasteiger charge is 2.14. The highest BCUT2D eigenvalue weighted by atomic mass is 35.5. The quantitative estimate of drug-likeness (QED) is 0.641. The first-order valence-electron chi connectivity index (χ1n) is 6.87. The van der Waals surface area contributed by atoms with E-state index in [0.717, 1.165) is 22.3 Å². The molecule has 0 radical (unpaired) electrons. The molecule has 0 atom stereocenters. The van der Waals surface area contributed by atoms with Gasteiger partial charge in [0.05, 0.1) is 15.1 Å². The number of allylic oxidation sites excluding steroid dienone is 1. The number of thiazole rings is 1. The van der Waals surface area contributed by atoms with Gasteiger partial charge in [-0.3, -0.25) is 0 Å². The fraction of sp³-hybridized carbons (Fsp3) is 0.0625. The lowest BCUT2D eigenvalue weighted by Crippen LogP contribution is -2.16. The van der Waals surface area contributed by atoms with E-state index < -0.39 is 15.8 Å². The van der Waals surface area contributed by atoms with Crippen molar-refractivity contribution in [2.75, 3.05) is 0 Å². The Morgan fingerprint density at radius 3 is 2.62 bits per heavy atom. The monoisotopic (exact) mass is 382 g/mol. The molecule has 0 spiro atoms. The van der Waals surface area contributed by atoms with Crippen LogP contribution in [-0.2, 0) is 16.6 Å². The van der Waals surface area contributed by atoms with Crippen molar-refractivity contribution in [2.24, 2.45) is 4.40 Å². The second-order valence-electron chi connectivity index (χ2n) is 4.92. The first-order valence-corrected chi connectivity index (χ1v) is 9.50. The number of halogens is 2. The zero-order valence-corrected chi connectivity index (χ0v) is 14.7. The van der Waals surface area contributed by atoms with Crippen LogP contribution < -0.4 is 4.80 Å². The van der Waals surface area contributed by atoms with Crippen LogP contribution in [0.3, 0.4) is 0 Å². The minimum atomic E-state index is -3.95. The number of aromatic nitrogens is 1. The summed E-state index contributed by atoms with van der Waals surface area (Å²) in [6, 6.07) is 9.85. The Bertz CT molecular complexity index is 1080. The van der Waals surface area contributed by atoms with Crippen LogP contribution in [-0.4, -0.2) is 13.0 Å². The highest BCUT2D eigenvalue weighted by molar-refractivity contribution is 7.90. The predicted molar refractivity (Wildman–Crippen MR) is 94.2 cm³/mol. The van der Waals surface area contributed by atoms with E-state index in [1.807, 2.05) is 0 Å². The molecular weight excluding hydrogens is 371 g/mol. The molecule has 3 rings (SSSR count). The smallest absolute Gasteiger partial charge is 0.285 e. The lowest BCUT2D eigenvalue weighted by atomic mass is 10.3.